The molecule has 1 amide bonds. The van der Waals surface area contributed by atoms with Crippen LogP contribution in [0.1, 0.15) is 25.8 Å². The van der Waals surface area contributed by atoms with Crippen LogP contribution in [-0.2, 0) is 4.79 Å². The fraction of sp³-hybridized carbons (Fsp3) is 0.471. The average Bonchev–Trinajstić information content (AvgIpc) is 2.44. The van der Waals surface area contributed by atoms with Crippen molar-refractivity contribution in [2.45, 2.75) is 20.3 Å². The van der Waals surface area contributed by atoms with Gasteiger partial charge >= 0.3 is 0 Å². The number of carbonyl (C=O) groups is 1. The second kappa shape index (κ2) is 6.60. The number of benzene rings is 1. The predicted molar refractivity (Wildman–Crippen MR) is 81.6 cm³/mol. The molecule has 1 saturated heterocycles. The highest BCUT2D eigenvalue weighted by atomic mass is 16.5. The van der Waals surface area contributed by atoms with E-state index in [1.54, 1.807) is 13.2 Å². The number of hydrogen-bond donors (Lipinski definition) is 0. The van der Waals surface area contributed by atoms with E-state index in [2.05, 4.69) is 13.8 Å². The molecule has 0 bridgehead atoms. The van der Waals surface area contributed by atoms with Crippen molar-refractivity contribution in [3.05, 3.63) is 35.9 Å². The standard InChI is InChI=1S/C17H23NO2/c1-13-10-14(2)12-18(11-13)17(19)9-8-15-6-4-5-7-16(15)20-3/h4-9,13-14H,10-12H2,1-3H3. The molecular weight excluding hydrogens is 250 g/mol. The van der Waals surface area contributed by atoms with Crippen molar-refractivity contribution in [3.63, 3.8) is 0 Å². The number of rotatable bonds is 3. The number of carbonyl (C=O) groups excluding carboxylic acids is 1. The largest absolute Gasteiger partial charge is 0.496 e. The predicted octanol–water partition coefficient (Wildman–Crippen LogP) is 3.21. The van der Waals surface area contributed by atoms with Gasteiger partial charge in [0.2, 0.25) is 5.91 Å². The van der Waals surface area contributed by atoms with Gasteiger partial charge in [-0.05, 0) is 30.4 Å². The fourth-order valence-electron chi connectivity index (χ4n) is 2.91. The van der Waals surface area contributed by atoms with Crippen molar-refractivity contribution >= 4 is 12.0 Å². The summed E-state index contributed by atoms with van der Waals surface area (Å²) in [6.07, 6.45) is 4.70. The quantitative estimate of drug-likeness (QED) is 0.791. The maximum atomic E-state index is 12.3. The van der Waals surface area contributed by atoms with Gasteiger partial charge in [-0.3, -0.25) is 4.79 Å². The van der Waals surface area contributed by atoms with Crippen molar-refractivity contribution < 1.29 is 9.53 Å². The summed E-state index contributed by atoms with van der Waals surface area (Å²) in [6, 6.07) is 7.71. The Morgan fingerprint density at radius 3 is 2.55 bits per heavy atom. The van der Waals surface area contributed by atoms with E-state index < -0.39 is 0 Å². The van der Waals surface area contributed by atoms with Crippen LogP contribution in [0.25, 0.3) is 6.08 Å². The number of nitrogens with zero attached hydrogens (tertiary/aromatic N) is 1. The SMILES string of the molecule is COc1ccccc1C=CC(=O)N1CC(C)CC(C)C1. The maximum Gasteiger partial charge on any atom is 0.246 e. The Bertz CT molecular complexity index is 486. The lowest BCUT2D eigenvalue weighted by Crippen LogP contribution is -2.41. The first kappa shape index (κ1) is 14.6. The smallest absolute Gasteiger partial charge is 0.246 e. The number of methoxy groups -OCH3 is 1. The van der Waals surface area contributed by atoms with Crippen LogP contribution in [0.5, 0.6) is 5.75 Å². The van der Waals surface area contributed by atoms with E-state index in [0.29, 0.717) is 11.8 Å². The minimum absolute atomic E-state index is 0.0920. The van der Waals surface area contributed by atoms with Gasteiger partial charge in [0.1, 0.15) is 5.75 Å². The van der Waals surface area contributed by atoms with Crippen LogP contribution >= 0.6 is 0 Å². The van der Waals surface area contributed by atoms with E-state index in [1.807, 2.05) is 35.2 Å². The molecule has 1 fully saturated rings. The minimum Gasteiger partial charge on any atom is -0.496 e. The molecule has 2 unspecified atom stereocenters. The number of ether oxygens (including phenoxy) is 1. The van der Waals surface area contributed by atoms with E-state index in [1.165, 1.54) is 6.42 Å². The lowest BCUT2D eigenvalue weighted by atomic mass is 9.92. The Hall–Kier alpha value is -1.77. The summed E-state index contributed by atoms with van der Waals surface area (Å²) < 4.78 is 5.28. The number of para-hydroxylation sites is 1. The van der Waals surface area contributed by atoms with Gasteiger partial charge in [0.15, 0.2) is 0 Å². The van der Waals surface area contributed by atoms with Gasteiger partial charge in [-0.1, -0.05) is 32.0 Å². The first-order valence-electron chi connectivity index (χ1n) is 7.20. The normalized spacial score (nSPS) is 23.1. The van der Waals surface area contributed by atoms with Crippen LogP contribution in [0, 0.1) is 11.8 Å². The molecule has 2 rings (SSSR count). The second-order valence-electron chi connectivity index (χ2n) is 5.76. The van der Waals surface area contributed by atoms with Gasteiger partial charge in [0.25, 0.3) is 0 Å². The van der Waals surface area contributed by atoms with E-state index in [4.69, 9.17) is 4.74 Å². The van der Waals surface area contributed by atoms with E-state index in [0.717, 1.165) is 24.4 Å². The van der Waals surface area contributed by atoms with Gasteiger partial charge in [0.05, 0.1) is 7.11 Å². The van der Waals surface area contributed by atoms with Crippen LogP contribution in [-0.4, -0.2) is 31.0 Å². The van der Waals surface area contributed by atoms with Crippen LogP contribution in [0.2, 0.25) is 0 Å². The Morgan fingerprint density at radius 2 is 1.90 bits per heavy atom. The van der Waals surface area contributed by atoms with Crippen molar-refractivity contribution in [1.82, 2.24) is 4.90 Å². The molecule has 1 aliphatic rings. The highest BCUT2D eigenvalue weighted by Gasteiger charge is 2.23. The molecule has 0 saturated carbocycles. The number of piperidine rings is 1. The number of likely N-dealkylation sites (tertiary alicyclic amines) is 1. The van der Waals surface area contributed by atoms with Gasteiger partial charge in [-0.15, -0.1) is 0 Å². The average molecular weight is 273 g/mol. The van der Waals surface area contributed by atoms with Crippen molar-refractivity contribution in [2.24, 2.45) is 11.8 Å². The zero-order chi connectivity index (χ0) is 14.5. The molecule has 20 heavy (non-hydrogen) atoms. The number of hydrogen-bond acceptors (Lipinski definition) is 2. The van der Waals surface area contributed by atoms with E-state index in [9.17, 15) is 4.79 Å². The Kier molecular flexibility index (Phi) is 4.83. The number of amides is 1. The van der Waals surface area contributed by atoms with Gasteiger partial charge in [-0.2, -0.15) is 0 Å². The Balaban J connectivity index is 2.05. The molecule has 3 nitrogen and oxygen atoms in total. The monoisotopic (exact) mass is 273 g/mol. The van der Waals surface area contributed by atoms with E-state index in [-0.39, 0.29) is 5.91 Å². The summed E-state index contributed by atoms with van der Waals surface area (Å²) in [6.45, 7) is 6.14. The maximum absolute atomic E-state index is 12.3. The molecule has 108 valence electrons. The Morgan fingerprint density at radius 1 is 1.25 bits per heavy atom. The second-order valence-corrected chi connectivity index (χ2v) is 5.76. The molecule has 0 spiro atoms. The van der Waals surface area contributed by atoms with Crippen LogP contribution in [0.15, 0.2) is 30.3 Å². The van der Waals surface area contributed by atoms with Crippen LogP contribution in [0.3, 0.4) is 0 Å². The molecule has 0 aromatic heterocycles. The fourth-order valence-corrected chi connectivity index (χ4v) is 2.91. The summed E-state index contributed by atoms with van der Waals surface area (Å²) in [5, 5.41) is 0. The molecular formula is C17H23NO2. The molecule has 0 radical (unpaired) electrons. The summed E-state index contributed by atoms with van der Waals surface area (Å²) in [4.78, 5) is 14.2. The zero-order valence-corrected chi connectivity index (χ0v) is 12.5. The van der Waals surface area contributed by atoms with Crippen molar-refractivity contribution in [3.8, 4) is 5.75 Å². The molecule has 3 heteroatoms. The highest BCUT2D eigenvalue weighted by molar-refractivity contribution is 5.92. The van der Waals surface area contributed by atoms with Gasteiger partial charge in [-0.25, -0.2) is 0 Å². The topological polar surface area (TPSA) is 29.5 Å². The molecule has 1 aromatic carbocycles. The lowest BCUT2D eigenvalue weighted by Gasteiger charge is -2.34. The summed E-state index contributed by atoms with van der Waals surface area (Å²) in [7, 11) is 1.64. The summed E-state index contributed by atoms with van der Waals surface area (Å²) in [5.74, 6) is 2.05. The summed E-state index contributed by atoms with van der Waals surface area (Å²) >= 11 is 0. The molecule has 1 heterocycles. The molecule has 0 N–H and O–H groups in total. The third kappa shape index (κ3) is 3.62. The van der Waals surface area contributed by atoms with Gasteiger partial charge in [0, 0.05) is 24.7 Å². The third-order valence-electron chi connectivity index (χ3n) is 3.72. The first-order chi connectivity index (χ1) is 9.60. The Labute approximate surface area is 121 Å². The molecule has 1 aromatic rings. The lowest BCUT2D eigenvalue weighted by molar-refractivity contribution is -0.128. The van der Waals surface area contributed by atoms with Crippen molar-refractivity contribution in [1.29, 1.82) is 0 Å². The highest BCUT2D eigenvalue weighted by Crippen LogP contribution is 2.22. The van der Waals surface area contributed by atoms with Crippen molar-refractivity contribution in [2.75, 3.05) is 20.2 Å². The van der Waals surface area contributed by atoms with Crippen LogP contribution < -0.4 is 4.74 Å². The van der Waals surface area contributed by atoms with Crippen LogP contribution in [0.4, 0.5) is 0 Å². The molecule has 0 aliphatic carbocycles. The molecule has 2 atom stereocenters. The van der Waals surface area contributed by atoms with Gasteiger partial charge < -0.3 is 9.64 Å². The first-order valence-corrected chi connectivity index (χ1v) is 7.20. The minimum atomic E-state index is 0.0920. The zero-order valence-electron chi connectivity index (χ0n) is 12.5. The van der Waals surface area contributed by atoms with E-state index >= 15 is 0 Å². The third-order valence-corrected chi connectivity index (χ3v) is 3.72. The summed E-state index contributed by atoms with van der Waals surface area (Å²) in [5.41, 5.74) is 0.932. The molecule has 1 aliphatic heterocycles.